The van der Waals surface area contributed by atoms with Crippen LogP contribution in [0.2, 0.25) is 0 Å². The Morgan fingerprint density at radius 2 is 1.94 bits per heavy atom. The van der Waals surface area contributed by atoms with Crippen LogP contribution >= 0.6 is 0 Å². The summed E-state index contributed by atoms with van der Waals surface area (Å²) in [5.41, 5.74) is 0.0844. The van der Waals surface area contributed by atoms with Crippen LogP contribution < -0.4 is 4.74 Å². The van der Waals surface area contributed by atoms with Gasteiger partial charge in [-0.3, -0.25) is 10.1 Å². The van der Waals surface area contributed by atoms with Crippen molar-refractivity contribution in [2.24, 2.45) is 0 Å². The van der Waals surface area contributed by atoms with Crippen LogP contribution in [0.4, 0.5) is 5.69 Å². The van der Waals surface area contributed by atoms with E-state index in [1.165, 1.54) is 13.0 Å². The highest BCUT2D eigenvalue weighted by Gasteiger charge is 2.23. The minimum absolute atomic E-state index is 0.0943. The third-order valence-corrected chi connectivity index (χ3v) is 2.65. The zero-order valence-corrected chi connectivity index (χ0v) is 10.6. The first-order chi connectivity index (χ1) is 8.26. The quantitative estimate of drug-likeness (QED) is 0.611. The van der Waals surface area contributed by atoms with Gasteiger partial charge in [0.2, 0.25) is 0 Å². The molecule has 0 fully saturated rings. The maximum absolute atomic E-state index is 10.9. The molecule has 0 bridgehead atoms. The Morgan fingerprint density at radius 1 is 1.39 bits per heavy atom. The van der Waals surface area contributed by atoms with E-state index in [-0.39, 0.29) is 18.0 Å². The lowest BCUT2D eigenvalue weighted by molar-refractivity contribution is -0.386. The van der Waals surface area contributed by atoms with Gasteiger partial charge in [0.1, 0.15) is 12.2 Å². The summed E-state index contributed by atoms with van der Waals surface area (Å²) in [6.07, 6.45) is 0. The predicted octanol–water partition coefficient (Wildman–Crippen LogP) is 1.33. The first kappa shape index (κ1) is 14.4. The molecule has 0 heterocycles. The molecule has 1 unspecified atom stereocenters. The molecular weight excluding hydrogens is 238 g/mol. The van der Waals surface area contributed by atoms with E-state index in [4.69, 9.17) is 9.84 Å². The van der Waals surface area contributed by atoms with Crippen molar-refractivity contribution in [3.63, 3.8) is 0 Å². The Balaban J connectivity index is 3.01. The lowest BCUT2D eigenvalue weighted by Crippen LogP contribution is -2.36. The summed E-state index contributed by atoms with van der Waals surface area (Å²) < 4.78 is 5.24. The number of nitrogens with zero attached hydrogens (tertiary/aromatic N) is 1. The van der Waals surface area contributed by atoms with Crippen molar-refractivity contribution < 1.29 is 19.9 Å². The van der Waals surface area contributed by atoms with Gasteiger partial charge in [-0.1, -0.05) is 0 Å². The number of nitro groups is 1. The van der Waals surface area contributed by atoms with Crippen molar-refractivity contribution in [2.75, 3.05) is 13.2 Å². The second-order valence-electron chi connectivity index (χ2n) is 4.61. The monoisotopic (exact) mass is 255 g/mol. The predicted molar refractivity (Wildman–Crippen MR) is 65.8 cm³/mol. The highest BCUT2D eigenvalue weighted by atomic mass is 16.6. The number of aliphatic hydroxyl groups excluding tert-OH is 1. The van der Waals surface area contributed by atoms with Gasteiger partial charge in [-0.05, 0) is 38.0 Å². The van der Waals surface area contributed by atoms with Gasteiger partial charge in [0, 0.05) is 6.07 Å². The average molecular weight is 255 g/mol. The normalized spacial score (nSPS) is 14.1. The number of benzene rings is 1. The molecular formula is C12H17NO5. The fourth-order valence-corrected chi connectivity index (χ4v) is 1.31. The summed E-state index contributed by atoms with van der Waals surface area (Å²) in [7, 11) is 0. The Bertz CT molecular complexity index is 456. The average Bonchev–Trinajstić information content (AvgIpc) is 2.30. The number of aryl methyl sites for hydroxylation is 2. The van der Waals surface area contributed by atoms with Crippen LogP contribution in [-0.4, -0.2) is 34.0 Å². The van der Waals surface area contributed by atoms with E-state index >= 15 is 0 Å². The third-order valence-electron chi connectivity index (χ3n) is 2.65. The van der Waals surface area contributed by atoms with Crippen LogP contribution in [0.1, 0.15) is 18.1 Å². The molecule has 18 heavy (non-hydrogen) atoms. The van der Waals surface area contributed by atoms with Crippen LogP contribution in [0.3, 0.4) is 0 Å². The summed E-state index contributed by atoms with van der Waals surface area (Å²) in [4.78, 5) is 10.4. The van der Waals surface area contributed by atoms with E-state index in [9.17, 15) is 15.2 Å². The Hall–Kier alpha value is -1.66. The summed E-state index contributed by atoms with van der Waals surface area (Å²) in [5, 5.41) is 29.4. The van der Waals surface area contributed by atoms with Crippen LogP contribution in [0.15, 0.2) is 12.1 Å². The number of nitro benzene ring substituents is 1. The lowest BCUT2D eigenvalue weighted by atomic mass is 10.1. The van der Waals surface area contributed by atoms with Gasteiger partial charge < -0.3 is 14.9 Å². The van der Waals surface area contributed by atoms with Gasteiger partial charge in [0.05, 0.1) is 11.5 Å². The molecule has 100 valence electrons. The van der Waals surface area contributed by atoms with E-state index < -0.39 is 17.1 Å². The molecule has 1 rings (SSSR count). The molecule has 1 aromatic carbocycles. The highest BCUT2D eigenvalue weighted by molar-refractivity contribution is 5.51. The first-order valence-corrected chi connectivity index (χ1v) is 5.48. The molecule has 1 atom stereocenters. The zero-order chi connectivity index (χ0) is 13.9. The summed E-state index contributed by atoms with van der Waals surface area (Å²) in [5.74, 6) is 0.0943. The standard InChI is InChI=1S/C12H17NO5/c1-8-4-10(13(16)17)11(5-9(8)2)18-7-12(3,15)6-14/h4-5,14-15H,6-7H2,1-3H3. The molecule has 6 nitrogen and oxygen atoms in total. The van der Waals surface area contributed by atoms with Gasteiger partial charge in [0.25, 0.3) is 0 Å². The number of ether oxygens (including phenoxy) is 1. The van der Waals surface area contributed by atoms with E-state index in [2.05, 4.69) is 0 Å². The Morgan fingerprint density at radius 3 is 2.44 bits per heavy atom. The third kappa shape index (κ3) is 3.41. The largest absolute Gasteiger partial charge is 0.484 e. The zero-order valence-electron chi connectivity index (χ0n) is 10.6. The van der Waals surface area contributed by atoms with Crippen molar-refractivity contribution in [1.29, 1.82) is 0 Å². The number of aliphatic hydroxyl groups is 2. The molecule has 6 heteroatoms. The SMILES string of the molecule is Cc1cc(OCC(C)(O)CO)c([N+](=O)[O-])cc1C. The van der Waals surface area contributed by atoms with Crippen LogP contribution in [0.25, 0.3) is 0 Å². The topological polar surface area (TPSA) is 92.8 Å². The highest BCUT2D eigenvalue weighted by Crippen LogP contribution is 2.30. The number of rotatable bonds is 5. The summed E-state index contributed by atoms with van der Waals surface area (Å²) in [6, 6.07) is 2.99. The smallest absolute Gasteiger partial charge is 0.311 e. The van der Waals surface area contributed by atoms with Crippen molar-refractivity contribution >= 4 is 5.69 Å². The lowest BCUT2D eigenvalue weighted by Gasteiger charge is -2.20. The fourth-order valence-electron chi connectivity index (χ4n) is 1.31. The van der Waals surface area contributed by atoms with Crippen LogP contribution in [0, 0.1) is 24.0 Å². The van der Waals surface area contributed by atoms with E-state index in [0.29, 0.717) is 0 Å². The molecule has 0 aliphatic carbocycles. The van der Waals surface area contributed by atoms with Crippen molar-refractivity contribution in [3.8, 4) is 5.75 Å². The molecule has 0 saturated heterocycles. The van der Waals surface area contributed by atoms with Crippen molar-refractivity contribution in [1.82, 2.24) is 0 Å². The van der Waals surface area contributed by atoms with Gasteiger partial charge in [0.15, 0.2) is 5.75 Å². The van der Waals surface area contributed by atoms with Crippen molar-refractivity contribution in [3.05, 3.63) is 33.4 Å². The second-order valence-corrected chi connectivity index (χ2v) is 4.61. The Kier molecular flexibility index (Phi) is 4.26. The minimum Gasteiger partial charge on any atom is -0.484 e. The van der Waals surface area contributed by atoms with Crippen LogP contribution in [-0.2, 0) is 0 Å². The van der Waals surface area contributed by atoms with Gasteiger partial charge >= 0.3 is 5.69 Å². The van der Waals surface area contributed by atoms with Gasteiger partial charge in [-0.15, -0.1) is 0 Å². The molecule has 2 N–H and O–H groups in total. The van der Waals surface area contributed by atoms with E-state index in [1.54, 1.807) is 13.0 Å². The second kappa shape index (κ2) is 5.32. The van der Waals surface area contributed by atoms with Crippen molar-refractivity contribution in [2.45, 2.75) is 26.4 Å². The van der Waals surface area contributed by atoms with Gasteiger partial charge in [-0.25, -0.2) is 0 Å². The van der Waals surface area contributed by atoms with E-state index in [0.717, 1.165) is 11.1 Å². The van der Waals surface area contributed by atoms with Crippen LogP contribution in [0.5, 0.6) is 5.75 Å². The first-order valence-electron chi connectivity index (χ1n) is 5.48. The fraction of sp³-hybridized carbons (Fsp3) is 0.500. The molecule has 1 aromatic rings. The maximum atomic E-state index is 10.9. The molecule has 0 saturated carbocycles. The number of hydrogen-bond donors (Lipinski definition) is 2. The molecule has 0 radical (unpaired) electrons. The maximum Gasteiger partial charge on any atom is 0.311 e. The minimum atomic E-state index is -1.42. The van der Waals surface area contributed by atoms with E-state index in [1.807, 2.05) is 6.92 Å². The molecule has 0 aromatic heterocycles. The van der Waals surface area contributed by atoms with Gasteiger partial charge in [-0.2, -0.15) is 0 Å². The number of hydrogen-bond acceptors (Lipinski definition) is 5. The summed E-state index contributed by atoms with van der Waals surface area (Å²) in [6.45, 7) is 4.28. The Labute approximate surface area is 105 Å². The summed E-state index contributed by atoms with van der Waals surface area (Å²) >= 11 is 0. The molecule has 0 aliphatic rings. The molecule has 0 amide bonds. The molecule has 0 spiro atoms. The molecule has 0 aliphatic heterocycles.